The first-order valence-corrected chi connectivity index (χ1v) is 10.5. The summed E-state index contributed by atoms with van der Waals surface area (Å²) in [7, 11) is 1.79. The van der Waals surface area contributed by atoms with Gasteiger partial charge in [0.25, 0.3) is 5.91 Å². The van der Waals surface area contributed by atoms with Gasteiger partial charge in [0.1, 0.15) is 0 Å². The van der Waals surface area contributed by atoms with Crippen LogP contribution in [0.2, 0.25) is 0 Å². The molecule has 0 saturated carbocycles. The van der Waals surface area contributed by atoms with Crippen molar-refractivity contribution in [3.63, 3.8) is 0 Å². The van der Waals surface area contributed by atoms with Crippen molar-refractivity contribution in [2.75, 3.05) is 26.7 Å². The SMILES string of the molecule is CO[C@H]1CCN(C(=O)c2ccccc2)[C@@H]2CN(Cc3cccnc3)C[C@H]12.O=C(O)C(F)(F)F. The van der Waals surface area contributed by atoms with E-state index in [9.17, 15) is 18.0 Å². The molecule has 0 spiro atoms. The maximum atomic E-state index is 13.1. The molecule has 3 atom stereocenters. The number of aliphatic carboxylic acids is 1. The van der Waals surface area contributed by atoms with Gasteiger partial charge in [0.05, 0.1) is 12.1 Å². The molecule has 3 heterocycles. The lowest BCUT2D eigenvalue weighted by Crippen LogP contribution is -2.53. The summed E-state index contributed by atoms with van der Waals surface area (Å²) in [6.07, 6.45) is -0.243. The molecule has 2 aliphatic rings. The minimum atomic E-state index is -5.08. The monoisotopic (exact) mass is 465 g/mol. The lowest BCUT2D eigenvalue weighted by molar-refractivity contribution is -0.192. The second-order valence-electron chi connectivity index (χ2n) is 8.02. The molecule has 0 bridgehead atoms. The van der Waals surface area contributed by atoms with Crippen LogP contribution in [0.25, 0.3) is 0 Å². The molecule has 2 aliphatic heterocycles. The fraction of sp³-hybridized carbons (Fsp3) is 0.435. The summed E-state index contributed by atoms with van der Waals surface area (Å²) in [6, 6.07) is 13.9. The molecular weight excluding hydrogens is 439 g/mol. The average Bonchev–Trinajstić information content (AvgIpc) is 3.22. The Labute approximate surface area is 189 Å². The van der Waals surface area contributed by atoms with Crippen LogP contribution in [0.5, 0.6) is 0 Å². The Hall–Kier alpha value is -2.98. The number of fused-ring (bicyclic) bond motifs is 1. The van der Waals surface area contributed by atoms with Gasteiger partial charge in [-0.25, -0.2) is 4.79 Å². The summed E-state index contributed by atoms with van der Waals surface area (Å²) in [6.45, 7) is 3.47. The summed E-state index contributed by atoms with van der Waals surface area (Å²) < 4.78 is 37.5. The molecule has 1 N–H and O–H groups in total. The number of carbonyl (C=O) groups excluding carboxylic acids is 1. The van der Waals surface area contributed by atoms with E-state index in [-0.39, 0.29) is 18.1 Å². The summed E-state index contributed by atoms with van der Waals surface area (Å²) in [5.74, 6) is -2.26. The van der Waals surface area contributed by atoms with Crippen molar-refractivity contribution < 1.29 is 32.6 Å². The van der Waals surface area contributed by atoms with E-state index in [2.05, 4.69) is 20.9 Å². The molecular formula is C23H26F3N3O4. The number of alkyl halides is 3. The predicted molar refractivity (Wildman–Crippen MR) is 113 cm³/mol. The quantitative estimate of drug-likeness (QED) is 0.748. The number of amides is 1. The van der Waals surface area contributed by atoms with Gasteiger partial charge in [-0.05, 0) is 30.2 Å². The Morgan fingerprint density at radius 2 is 1.85 bits per heavy atom. The van der Waals surface area contributed by atoms with Crippen molar-refractivity contribution in [2.45, 2.75) is 31.3 Å². The number of aromatic nitrogens is 1. The van der Waals surface area contributed by atoms with Crippen LogP contribution in [0, 0.1) is 5.92 Å². The molecule has 178 valence electrons. The van der Waals surface area contributed by atoms with Gasteiger partial charge in [0, 0.05) is 57.2 Å². The number of rotatable bonds is 4. The molecule has 7 nitrogen and oxygen atoms in total. The number of carboxylic acid groups (broad SMARTS) is 1. The van der Waals surface area contributed by atoms with E-state index >= 15 is 0 Å². The van der Waals surface area contributed by atoms with Gasteiger partial charge in [0.2, 0.25) is 0 Å². The highest BCUT2D eigenvalue weighted by atomic mass is 19.4. The van der Waals surface area contributed by atoms with E-state index in [1.807, 2.05) is 42.6 Å². The van der Waals surface area contributed by atoms with Crippen LogP contribution >= 0.6 is 0 Å². The summed E-state index contributed by atoms with van der Waals surface area (Å²) in [5, 5.41) is 7.12. The fourth-order valence-electron chi connectivity index (χ4n) is 4.41. The second kappa shape index (κ2) is 10.8. The Morgan fingerprint density at radius 3 is 2.42 bits per heavy atom. The smallest absolute Gasteiger partial charge is 0.475 e. The van der Waals surface area contributed by atoms with E-state index in [1.54, 1.807) is 13.3 Å². The van der Waals surface area contributed by atoms with Gasteiger partial charge in [-0.2, -0.15) is 13.2 Å². The summed E-state index contributed by atoms with van der Waals surface area (Å²) in [4.78, 5) is 30.7. The topological polar surface area (TPSA) is 83.0 Å². The van der Waals surface area contributed by atoms with Crippen LogP contribution in [0.15, 0.2) is 54.9 Å². The number of methoxy groups -OCH3 is 1. The van der Waals surface area contributed by atoms with Crippen molar-refractivity contribution in [3.05, 3.63) is 66.0 Å². The van der Waals surface area contributed by atoms with E-state index in [1.165, 1.54) is 5.56 Å². The average molecular weight is 465 g/mol. The van der Waals surface area contributed by atoms with Crippen LogP contribution in [-0.2, 0) is 16.1 Å². The van der Waals surface area contributed by atoms with Gasteiger partial charge < -0.3 is 14.7 Å². The molecule has 2 saturated heterocycles. The number of hydrogen-bond acceptors (Lipinski definition) is 5. The van der Waals surface area contributed by atoms with Gasteiger partial charge in [-0.1, -0.05) is 24.3 Å². The van der Waals surface area contributed by atoms with Crippen LogP contribution in [0.3, 0.4) is 0 Å². The minimum absolute atomic E-state index is 0.137. The number of pyridine rings is 1. The Balaban J connectivity index is 0.000000383. The van der Waals surface area contributed by atoms with Crippen molar-refractivity contribution in [3.8, 4) is 0 Å². The summed E-state index contributed by atoms with van der Waals surface area (Å²) in [5.41, 5.74) is 1.98. The molecule has 0 unspecified atom stereocenters. The maximum absolute atomic E-state index is 13.1. The zero-order chi connectivity index (χ0) is 24.0. The van der Waals surface area contributed by atoms with Gasteiger partial charge in [0.15, 0.2) is 0 Å². The molecule has 10 heteroatoms. The van der Waals surface area contributed by atoms with E-state index in [0.29, 0.717) is 5.92 Å². The Kier molecular flexibility index (Phi) is 8.04. The lowest BCUT2D eigenvalue weighted by atomic mass is 9.88. The van der Waals surface area contributed by atoms with Crippen molar-refractivity contribution in [1.82, 2.24) is 14.8 Å². The third kappa shape index (κ3) is 6.29. The third-order valence-corrected chi connectivity index (χ3v) is 5.90. The molecule has 4 rings (SSSR count). The number of likely N-dealkylation sites (tertiary alicyclic amines) is 2. The third-order valence-electron chi connectivity index (χ3n) is 5.90. The second-order valence-corrected chi connectivity index (χ2v) is 8.02. The minimum Gasteiger partial charge on any atom is -0.475 e. The molecule has 0 aliphatic carbocycles. The highest BCUT2D eigenvalue weighted by Crippen LogP contribution is 2.34. The number of nitrogens with zero attached hydrogens (tertiary/aromatic N) is 3. The van der Waals surface area contributed by atoms with Crippen molar-refractivity contribution >= 4 is 11.9 Å². The molecule has 1 aromatic heterocycles. The fourth-order valence-corrected chi connectivity index (χ4v) is 4.41. The van der Waals surface area contributed by atoms with Gasteiger partial charge in [-0.3, -0.25) is 14.7 Å². The molecule has 2 aromatic rings. The van der Waals surface area contributed by atoms with Gasteiger partial charge in [-0.15, -0.1) is 0 Å². The normalized spacial score (nSPS) is 22.8. The molecule has 0 radical (unpaired) electrons. The highest BCUT2D eigenvalue weighted by molar-refractivity contribution is 5.94. The highest BCUT2D eigenvalue weighted by Gasteiger charge is 2.46. The Bertz CT molecular complexity index is 928. The van der Waals surface area contributed by atoms with E-state index < -0.39 is 12.1 Å². The first-order valence-electron chi connectivity index (χ1n) is 10.5. The van der Waals surface area contributed by atoms with Crippen molar-refractivity contribution in [1.29, 1.82) is 0 Å². The van der Waals surface area contributed by atoms with Crippen molar-refractivity contribution in [2.24, 2.45) is 5.92 Å². The number of carboxylic acids is 1. The van der Waals surface area contributed by atoms with Crippen LogP contribution in [0.1, 0.15) is 22.3 Å². The number of carbonyl (C=O) groups is 2. The number of ether oxygens (including phenoxy) is 1. The zero-order valence-corrected chi connectivity index (χ0v) is 18.1. The number of halogens is 3. The predicted octanol–water partition coefficient (Wildman–Crippen LogP) is 3.08. The Morgan fingerprint density at radius 1 is 1.15 bits per heavy atom. The van der Waals surface area contributed by atoms with Crippen LogP contribution < -0.4 is 0 Å². The molecule has 33 heavy (non-hydrogen) atoms. The number of benzene rings is 1. The summed E-state index contributed by atoms with van der Waals surface area (Å²) >= 11 is 0. The molecule has 1 amide bonds. The molecule has 2 fully saturated rings. The zero-order valence-electron chi connectivity index (χ0n) is 18.1. The number of piperidine rings is 1. The van der Waals surface area contributed by atoms with E-state index in [0.717, 1.165) is 38.2 Å². The maximum Gasteiger partial charge on any atom is 0.490 e. The largest absolute Gasteiger partial charge is 0.490 e. The first-order chi connectivity index (χ1) is 15.7. The van der Waals surface area contributed by atoms with Gasteiger partial charge >= 0.3 is 12.1 Å². The van der Waals surface area contributed by atoms with Crippen LogP contribution in [0.4, 0.5) is 13.2 Å². The van der Waals surface area contributed by atoms with Crippen LogP contribution in [-0.4, -0.2) is 76.8 Å². The first kappa shape index (κ1) is 24.7. The number of hydrogen-bond donors (Lipinski definition) is 1. The lowest BCUT2D eigenvalue weighted by Gasteiger charge is -2.41. The van der Waals surface area contributed by atoms with E-state index in [4.69, 9.17) is 14.6 Å². The standard InChI is InChI=1S/C21H25N3O2.C2HF3O2/c1-26-20-9-11-24(21(25)17-7-3-2-4-8-17)19-15-23(14-18(19)20)13-16-6-5-10-22-12-16;3-2(4,5)1(6)7/h2-8,10,12,18-20H,9,11,13-15H2,1H3;(H,6,7)/t18-,19+,20-;/m0./s1. The molecule has 1 aromatic carbocycles.